The van der Waals surface area contributed by atoms with Gasteiger partial charge < -0.3 is 15.0 Å². The van der Waals surface area contributed by atoms with E-state index in [4.69, 9.17) is 16.3 Å². The van der Waals surface area contributed by atoms with Crippen LogP contribution in [0.1, 0.15) is 33.6 Å². The van der Waals surface area contributed by atoms with Crippen LogP contribution in [0.15, 0.2) is 24.3 Å². The highest BCUT2D eigenvalue weighted by molar-refractivity contribution is 7.13. The standard InChI is InChI=1S/C17H19ClN4O3S/c1-25-10-14(23)22-7-3-4-11(9-22)16-20-21-17(26-16)15(24)19-13-6-2-5-12(18)8-13/h2,5-6,8,11H,3-4,7,9-10H2,1H3,(H,19,24)/t11-/m1/s1. The first-order valence-corrected chi connectivity index (χ1v) is 9.43. The molecule has 0 saturated carbocycles. The van der Waals surface area contributed by atoms with Gasteiger partial charge in [-0.25, -0.2) is 0 Å². The van der Waals surface area contributed by atoms with Crippen molar-refractivity contribution in [1.82, 2.24) is 15.1 Å². The van der Waals surface area contributed by atoms with Gasteiger partial charge in [0, 0.05) is 36.8 Å². The lowest BCUT2D eigenvalue weighted by molar-refractivity contribution is -0.136. The van der Waals surface area contributed by atoms with E-state index in [1.807, 2.05) is 0 Å². The number of methoxy groups -OCH3 is 1. The number of hydrogen-bond donors (Lipinski definition) is 1. The minimum absolute atomic E-state index is 0.0272. The summed E-state index contributed by atoms with van der Waals surface area (Å²) in [7, 11) is 1.51. The lowest BCUT2D eigenvalue weighted by Gasteiger charge is -2.31. The molecule has 0 unspecified atom stereocenters. The van der Waals surface area contributed by atoms with E-state index in [9.17, 15) is 9.59 Å². The third kappa shape index (κ3) is 4.57. The molecule has 2 heterocycles. The van der Waals surface area contributed by atoms with Crippen LogP contribution in [0.25, 0.3) is 0 Å². The van der Waals surface area contributed by atoms with Gasteiger partial charge in [0.2, 0.25) is 10.9 Å². The number of ether oxygens (including phenoxy) is 1. The van der Waals surface area contributed by atoms with Gasteiger partial charge in [0.25, 0.3) is 5.91 Å². The summed E-state index contributed by atoms with van der Waals surface area (Å²) in [5, 5.41) is 12.6. The zero-order valence-corrected chi connectivity index (χ0v) is 15.8. The first-order chi connectivity index (χ1) is 12.6. The van der Waals surface area contributed by atoms with E-state index in [2.05, 4.69) is 15.5 Å². The normalized spacial score (nSPS) is 17.2. The summed E-state index contributed by atoms with van der Waals surface area (Å²) in [6.45, 7) is 1.38. The Morgan fingerprint density at radius 3 is 3.04 bits per heavy atom. The molecule has 3 rings (SSSR count). The number of carbonyl (C=O) groups is 2. The Hall–Kier alpha value is -2.03. The predicted molar refractivity (Wildman–Crippen MR) is 99.7 cm³/mol. The van der Waals surface area contributed by atoms with Gasteiger partial charge >= 0.3 is 0 Å². The first-order valence-electron chi connectivity index (χ1n) is 8.24. The van der Waals surface area contributed by atoms with E-state index in [1.54, 1.807) is 29.2 Å². The van der Waals surface area contributed by atoms with Crippen molar-refractivity contribution in [2.45, 2.75) is 18.8 Å². The summed E-state index contributed by atoms with van der Waals surface area (Å²) >= 11 is 7.19. The number of aromatic nitrogens is 2. The largest absolute Gasteiger partial charge is 0.375 e. The molecular weight excluding hydrogens is 376 g/mol. The van der Waals surface area contributed by atoms with E-state index in [-0.39, 0.29) is 24.3 Å². The summed E-state index contributed by atoms with van der Waals surface area (Å²) in [4.78, 5) is 26.1. The predicted octanol–water partition coefficient (Wildman–Crippen LogP) is 2.80. The Morgan fingerprint density at radius 1 is 1.42 bits per heavy atom. The van der Waals surface area contributed by atoms with Gasteiger partial charge in [-0.3, -0.25) is 9.59 Å². The van der Waals surface area contributed by atoms with Crippen LogP contribution in [-0.2, 0) is 9.53 Å². The molecule has 1 atom stereocenters. The fraction of sp³-hybridized carbons (Fsp3) is 0.412. The van der Waals surface area contributed by atoms with E-state index in [1.165, 1.54) is 18.4 Å². The van der Waals surface area contributed by atoms with Crippen LogP contribution < -0.4 is 5.32 Å². The van der Waals surface area contributed by atoms with Crippen molar-refractivity contribution in [3.8, 4) is 0 Å². The van der Waals surface area contributed by atoms with Crippen LogP contribution >= 0.6 is 22.9 Å². The molecule has 26 heavy (non-hydrogen) atoms. The molecule has 0 bridgehead atoms. The highest BCUT2D eigenvalue weighted by atomic mass is 35.5. The molecule has 1 N–H and O–H groups in total. The van der Waals surface area contributed by atoms with Gasteiger partial charge in [0.05, 0.1) is 0 Å². The first kappa shape index (κ1) is 18.8. The molecule has 2 amide bonds. The van der Waals surface area contributed by atoms with Crippen LogP contribution in [-0.4, -0.2) is 53.7 Å². The van der Waals surface area contributed by atoms with Crippen molar-refractivity contribution in [3.63, 3.8) is 0 Å². The molecule has 2 aromatic rings. The zero-order chi connectivity index (χ0) is 18.5. The molecule has 0 spiro atoms. The van der Waals surface area contributed by atoms with Gasteiger partial charge in [-0.15, -0.1) is 10.2 Å². The van der Waals surface area contributed by atoms with Crippen LogP contribution in [0.3, 0.4) is 0 Å². The number of piperidine rings is 1. The van der Waals surface area contributed by atoms with Crippen LogP contribution in [0.2, 0.25) is 5.02 Å². The van der Waals surface area contributed by atoms with Crippen LogP contribution in [0.4, 0.5) is 5.69 Å². The second-order valence-electron chi connectivity index (χ2n) is 6.02. The van der Waals surface area contributed by atoms with Gasteiger partial charge in [-0.1, -0.05) is 29.0 Å². The smallest absolute Gasteiger partial charge is 0.286 e. The monoisotopic (exact) mass is 394 g/mol. The molecule has 1 fully saturated rings. The Labute approximate surface area is 160 Å². The number of rotatable bonds is 5. The third-order valence-electron chi connectivity index (χ3n) is 4.11. The summed E-state index contributed by atoms with van der Waals surface area (Å²) in [6.07, 6.45) is 1.81. The Morgan fingerprint density at radius 2 is 2.27 bits per heavy atom. The van der Waals surface area contributed by atoms with Crippen molar-refractivity contribution in [2.24, 2.45) is 0 Å². The Bertz CT molecular complexity index is 798. The SMILES string of the molecule is COCC(=O)N1CCC[C@@H](c2nnc(C(=O)Nc3cccc(Cl)c3)s2)C1. The molecule has 1 aromatic carbocycles. The van der Waals surface area contributed by atoms with Crippen molar-refractivity contribution in [1.29, 1.82) is 0 Å². The highest BCUT2D eigenvalue weighted by Gasteiger charge is 2.28. The lowest BCUT2D eigenvalue weighted by atomic mass is 9.99. The molecule has 1 aromatic heterocycles. The maximum Gasteiger partial charge on any atom is 0.286 e. The summed E-state index contributed by atoms with van der Waals surface area (Å²) < 4.78 is 4.92. The number of halogens is 1. The number of benzene rings is 1. The van der Waals surface area contributed by atoms with E-state index >= 15 is 0 Å². The minimum atomic E-state index is -0.320. The number of carbonyl (C=O) groups excluding carboxylic acids is 2. The molecule has 9 heteroatoms. The van der Waals surface area contributed by atoms with Crippen LogP contribution in [0, 0.1) is 0 Å². The molecule has 0 aliphatic carbocycles. The fourth-order valence-corrected chi connectivity index (χ4v) is 3.92. The number of nitrogens with zero attached hydrogens (tertiary/aromatic N) is 3. The molecule has 0 radical (unpaired) electrons. The van der Waals surface area contributed by atoms with Gasteiger partial charge in [0.15, 0.2) is 0 Å². The maximum absolute atomic E-state index is 12.4. The molecule has 1 aliphatic rings. The maximum atomic E-state index is 12.4. The molecule has 138 valence electrons. The van der Waals surface area contributed by atoms with Crippen molar-refractivity contribution in [2.75, 3.05) is 32.1 Å². The number of likely N-dealkylation sites (tertiary alicyclic amines) is 1. The summed E-state index contributed by atoms with van der Waals surface area (Å²) in [5.74, 6) is -0.255. The highest BCUT2D eigenvalue weighted by Crippen LogP contribution is 2.29. The topological polar surface area (TPSA) is 84.4 Å². The van der Waals surface area contributed by atoms with Crippen LogP contribution in [0.5, 0.6) is 0 Å². The van der Waals surface area contributed by atoms with Gasteiger partial charge in [-0.2, -0.15) is 0 Å². The second-order valence-corrected chi connectivity index (χ2v) is 7.47. The van der Waals surface area contributed by atoms with Crippen molar-refractivity contribution < 1.29 is 14.3 Å². The average molecular weight is 395 g/mol. The number of amides is 2. The molecule has 7 nitrogen and oxygen atoms in total. The molecular formula is C17H19ClN4O3S. The summed E-state index contributed by atoms with van der Waals surface area (Å²) in [5.41, 5.74) is 0.605. The van der Waals surface area contributed by atoms with E-state index in [0.717, 1.165) is 24.4 Å². The summed E-state index contributed by atoms with van der Waals surface area (Å²) in [6, 6.07) is 6.92. The zero-order valence-electron chi connectivity index (χ0n) is 14.3. The number of nitrogens with one attached hydrogen (secondary N) is 1. The van der Waals surface area contributed by atoms with Crippen molar-refractivity contribution >= 4 is 40.4 Å². The number of anilines is 1. The van der Waals surface area contributed by atoms with Gasteiger partial charge in [-0.05, 0) is 31.0 Å². The quantitative estimate of drug-likeness (QED) is 0.842. The molecule has 1 aliphatic heterocycles. The third-order valence-corrected chi connectivity index (χ3v) is 5.43. The van der Waals surface area contributed by atoms with E-state index in [0.29, 0.717) is 22.3 Å². The molecule has 1 saturated heterocycles. The van der Waals surface area contributed by atoms with Gasteiger partial charge in [0.1, 0.15) is 11.6 Å². The second kappa shape index (κ2) is 8.57. The average Bonchev–Trinajstić information content (AvgIpc) is 3.12. The minimum Gasteiger partial charge on any atom is -0.375 e. The van der Waals surface area contributed by atoms with E-state index < -0.39 is 0 Å². The fourth-order valence-electron chi connectivity index (χ4n) is 2.86. The Kier molecular flexibility index (Phi) is 6.18. The number of hydrogen-bond acceptors (Lipinski definition) is 6. The Balaban J connectivity index is 1.65. The lowest BCUT2D eigenvalue weighted by Crippen LogP contribution is -2.40. The van der Waals surface area contributed by atoms with Crippen molar-refractivity contribution in [3.05, 3.63) is 39.3 Å².